The molecule has 1 saturated heterocycles. The zero-order chi connectivity index (χ0) is 21.5. The normalized spacial score (nSPS) is 15.1. The van der Waals surface area contributed by atoms with Crippen LogP contribution in [0.5, 0.6) is 0 Å². The summed E-state index contributed by atoms with van der Waals surface area (Å²) in [5.41, 5.74) is 3.84. The molecule has 0 spiro atoms. The molecular formula is C25H31N5O. The molecule has 1 aliphatic rings. The Morgan fingerprint density at radius 3 is 2.61 bits per heavy atom. The van der Waals surface area contributed by atoms with Crippen molar-refractivity contribution >= 4 is 5.91 Å². The second-order valence-electron chi connectivity index (χ2n) is 8.39. The molecular weight excluding hydrogens is 386 g/mol. The molecule has 0 saturated carbocycles. The maximum Gasteiger partial charge on any atom is 0.255 e. The van der Waals surface area contributed by atoms with E-state index in [-0.39, 0.29) is 5.91 Å². The second-order valence-corrected chi connectivity index (χ2v) is 8.39. The van der Waals surface area contributed by atoms with E-state index in [1.54, 1.807) is 10.9 Å². The highest BCUT2D eigenvalue weighted by atomic mass is 16.1. The van der Waals surface area contributed by atoms with Crippen molar-refractivity contribution in [3.05, 3.63) is 83.4 Å². The Labute approximate surface area is 184 Å². The fourth-order valence-electron chi connectivity index (χ4n) is 4.26. The molecule has 4 rings (SSSR count). The van der Waals surface area contributed by atoms with E-state index in [0.717, 1.165) is 56.7 Å². The molecule has 162 valence electrons. The number of nitrogens with zero attached hydrogens (tertiary/aromatic N) is 4. The molecule has 6 nitrogen and oxygen atoms in total. The van der Waals surface area contributed by atoms with Gasteiger partial charge in [0.1, 0.15) is 0 Å². The molecule has 3 heterocycles. The molecule has 2 aromatic heterocycles. The average Bonchev–Trinajstić information content (AvgIpc) is 3.18. The van der Waals surface area contributed by atoms with Crippen molar-refractivity contribution < 1.29 is 4.79 Å². The number of carbonyl (C=O) groups is 1. The van der Waals surface area contributed by atoms with Crippen molar-refractivity contribution in [3.63, 3.8) is 0 Å². The van der Waals surface area contributed by atoms with E-state index in [0.29, 0.717) is 18.0 Å². The third-order valence-electron chi connectivity index (χ3n) is 6.05. The van der Waals surface area contributed by atoms with Crippen LogP contribution in [0.15, 0.2) is 60.9 Å². The first-order valence-electron chi connectivity index (χ1n) is 11.1. The lowest BCUT2D eigenvalue weighted by atomic mass is 9.91. The summed E-state index contributed by atoms with van der Waals surface area (Å²) in [6.07, 6.45) is 7.84. The van der Waals surface area contributed by atoms with Gasteiger partial charge in [-0.1, -0.05) is 36.4 Å². The monoisotopic (exact) mass is 417 g/mol. The summed E-state index contributed by atoms with van der Waals surface area (Å²) in [6, 6.07) is 16.4. The van der Waals surface area contributed by atoms with Crippen LogP contribution < -0.4 is 5.32 Å². The number of pyridine rings is 1. The minimum atomic E-state index is -0.0750. The number of nitrogens with one attached hydrogen (secondary N) is 1. The number of rotatable bonds is 8. The van der Waals surface area contributed by atoms with E-state index in [1.165, 1.54) is 5.56 Å². The Balaban J connectivity index is 1.27. The van der Waals surface area contributed by atoms with Crippen molar-refractivity contribution in [1.82, 2.24) is 25.0 Å². The predicted molar refractivity (Wildman–Crippen MR) is 122 cm³/mol. The quantitative estimate of drug-likeness (QED) is 0.611. The van der Waals surface area contributed by atoms with E-state index in [2.05, 4.69) is 50.6 Å². The molecule has 1 fully saturated rings. The molecule has 3 aromatic rings. The van der Waals surface area contributed by atoms with E-state index < -0.39 is 0 Å². The van der Waals surface area contributed by atoms with Gasteiger partial charge in [0.2, 0.25) is 0 Å². The van der Waals surface area contributed by atoms with Crippen LogP contribution in [0.3, 0.4) is 0 Å². The van der Waals surface area contributed by atoms with Crippen molar-refractivity contribution in [1.29, 1.82) is 0 Å². The molecule has 1 amide bonds. The van der Waals surface area contributed by atoms with Gasteiger partial charge in [-0.15, -0.1) is 0 Å². The maximum atomic E-state index is 12.8. The van der Waals surface area contributed by atoms with Crippen LogP contribution in [0.25, 0.3) is 0 Å². The van der Waals surface area contributed by atoms with Crippen molar-refractivity contribution in [2.75, 3.05) is 19.6 Å². The van der Waals surface area contributed by atoms with Gasteiger partial charge in [-0.25, -0.2) is 0 Å². The van der Waals surface area contributed by atoms with Crippen LogP contribution in [0.4, 0.5) is 0 Å². The summed E-state index contributed by atoms with van der Waals surface area (Å²) in [5.74, 6) is 0.499. The highest BCUT2D eigenvalue weighted by Gasteiger charge is 2.23. The van der Waals surface area contributed by atoms with Crippen molar-refractivity contribution in [3.8, 4) is 0 Å². The Bertz CT molecular complexity index is 962. The first kappa shape index (κ1) is 21.2. The standard InChI is InChI=1S/C25H31N5O/c1-29-19-23(25(31)27-18-22-9-5-6-13-26-22)24(28-29)17-21-11-15-30(16-12-21)14-10-20-7-3-2-4-8-20/h2-9,13,19,21H,10-12,14-18H2,1H3,(H,27,31). The molecule has 0 aliphatic carbocycles. The first-order valence-corrected chi connectivity index (χ1v) is 11.1. The summed E-state index contributed by atoms with van der Waals surface area (Å²) >= 11 is 0. The largest absolute Gasteiger partial charge is 0.346 e. The van der Waals surface area contributed by atoms with Crippen molar-refractivity contribution in [2.24, 2.45) is 13.0 Å². The van der Waals surface area contributed by atoms with Crippen LogP contribution >= 0.6 is 0 Å². The SMILES string of the molecule is Cn1cc(C(=O)NCc2ccccn2)c(CC2CCN(CCc3ccccc3)CC2)n1. The number of hydrogen-bond donors (Lipinski definition) is 1. The lowest BCUT2D eigenvalue weighted by molar-refractivity contribution is 0.0949. The molecule has 0 bridgehead atoms. The van der Waals surface area contributed by atoms with Gasteiger partial charge in [0.25, 0.3) is 5.91 Å². The summed E-state index contributed by atoms with van der Waals surface area (Å²) in [6.45, 7) is 3.77. The van der Waals surface area contributed by atoms with Gasteiger partial charge >= 0.3 is 0 Å². The zero-order valence-corrected chi connectivity index (χ0v) is 18.2. The van der Waals surface area contributed by atoms with Gasteiger partial charge < -0.3 is 10.2 Å². The fraction of sp³-hybridized carbons (Fsp3) is 0.400. The molecule has 1 aliphatic heterocycles. The predicted octanol–water partition coefficient (Wildman–Crippen LogP) is 3.24. The second kappa shape index (κ2) is 10.4. The summed E-state index contributed by atoms with van der Waals surface area (Å²) in [7, 11) is 1.88. The number of aromatic nitrogens is 3. The van der Waals surface area contributed by atoms with Crippen LogP contribution in [-0.2, 0) is 26.4 Å². The molecule has 1 N–H and O–H groups in total. The highest BCUT2D eigenvalue weighted by molar-refractivity contribution is 5.95. The molecule has 0 radical (unpaired) electrons. The Kier molecular flexibility index (Phi) is 7.10. The summed E-state index contributed by atoms with van der Waals surface area (Å²) in [5, 5.41) is 7.58. The fourth-order valence-corrected chi connectivity index (χ4v) is 4.26. The number of piperidine rings is 1. The van der Waals surface area contributed by atoms with Gasteiger partial charge in [0, 0.05) is 26.0 Å². The van der Waals surface area contributed by atoms with Crippen LogP contribution in [0.1, 0.15) is 40.2 Å². The van der Waals surface area contributed by atoms with Gasteiger partial charge in [-0.05, 0) is 62.4 Å². The molecule has 6 heteroatoms. The number of aryl methyl sites for hydroxylation is 1. The summed E-state index contributed by atoms with van der Waals surface area (Å²) in [4.78, 5) is 19.6. The van der Waals surface area contributed by atoms with Crippen LogP contribution in [-0.4, -0.2) is 45.2 Å². The number of carbonyl (C=O) groups excluding carboxylic acids is 1. The topological polar surface area (TPSA) is 63.1 Å². The average molecular weight is 418 g/mol. The van der Waals surface area contributed by atoms with Gasteiger partial charge in [-0.3, -0.25) is 14.5 Å². The molecule has 1 aromatic carbocycles. The lowest BCUT2D eigenvalue weighted by Gasteiger charge is -2.31. The van der Waals surface area contributed by atoms with E-state index >= 15 is 0 Å². The van der Waals surface area contributed by atoms with E-state index in [1.807, 2.05) is 31.4 Å². The number of amides is 1. The Morgan fingerprint density at radius 1 is 1.10 bits per heavy atom. The van der Waals surface area contributed by atoms with Crippen LogP contribution in [0, 0.1) is 5.92 Å². The Morgan fingerprint density at radius 2 is 1.87 bits per heavy atom. The molecule has 0 atom stereocenters. The van der Waals surface area contributed by atoms with Crippen molar-refractivity contribution in [2.45, 2.75) is 32.2 Å². The third-order valence-corrected chi connectivity index (χ3v) is 6.05. The smallest absolute Gasteiger partial charge is 0.255 e. The molecule has 0 unspecified atom stereocenters. The number of hydrogen-bond acceptors (Lipinski definition) is 4. The minimum absolute atomic E-state index is 0.0750. The summed E-state index contributed by atoms with van der Waals surface area (Å²) < 4.78 is 1.75. The lowest BCUT2D eigenvalue weighted by Crippen LogP contribution is -2.36. The zero-order valence-electron chi connectivity index (χ0n) is 18.2. The van der Waals surface area contributed by atoms with E-state index in [4.69, 9.17) is 0 Å². The van der Waals surface area contributed by atoms with E-state index in [9.17, 15) is 4.79 Å². The molecule has 31 heavy (non-hydrogen) atoms. The van der Waals surface area contributed by atoms with Gasteiger partial charge in [0.05, 0.1) is 23.5 Å². The van der Waals surface area contributed by atoms with Gasteiger partial charge in [-0.2, -0.15) is 5.10 Å². The third kappa shape index (κ3) is 6.01. The van der Waals surface area contributed by atoms with Gasteiger partial charge in [0.15, 0.2) is 0 Å². The van der Waals surface area contributed by atoms with Crippen LogP contribution in [0.2, 0.25) is 0 Å². The Hall–Kier alpha value is -2.99. The number of likely N-dealkylation sites (tertiary alicyclic amines) is 1. The minimum Gasteiger partial charge on any atom is -0.346 e. The highest BCUT2D eigenvalue weighted by Crippen LogP contribution is 2.23. The first-order chi connectivity index (χ1) is 15.2. The maximum absolute atomic E-state index is 12.8. The number of benzene rings is 1.